The smallest absolute Gasteiger partial charge is 0.323 e. The number of rotatable bonds is 6. The number of ether oxygens (including phenoxy) is 1. The van der Waals surface area contributed by atoms with Gasteiger partial charge in [0.15, 0.2) is 0 Å². The molecule has 17 heavy (non-hydrogen) atoms. The molecule has 0 amide bonds. The molecule has 1 aromatic carbocycles. The molecule has 0 heterocycles. The van der Waals surface area contributed by atoms with Crippen LogP contribution < -0.4 is 5.73 Å². The van der Waals surface area contributed by atoms with Gasteiger partial charge in [-0.25, -0.2) is 0 Å². The molecule has 0 aliphatic heterocycles. The van der Waals surface area contributed by atoms with Crippen molar-refractivity contribution in [2.75, 3.05) is 6.54 Å². The van der Waals surface area contributed by atoms with Crippen LogP contribution >= 0.6 is 0 Å². The number of nitrogens with two attached hydrogens (primary N) is 1. The van der Waals surface area contributed by atoms with Gasteiger partial charge < -0.3 is 10.5 Å². The summed E-state index contributed by atoms with van der Waals surface area (Å²) in [5, 5.41) is 3.31. The van der Waals surface area contributed by atoms with Crippen molar-refractivity contribution in [1.29, 1.82) is 0 Å². The van der Waals surface area contributed by atoms with Crippen LogP contribution in [0.1, 0.15) is 12.0 Å². The molecule has 0 aromatic heterocycles. The Balaban J connectivity index is 2.31. The van der Waals surface area contributed by atoms with Gasteiger partial charge in [-0.05, 0) is 17.5 Å². The summed E-state index contributed by atoms with van der Waals surface area (Å²) in [6, 6.07) is 8.59. The van der Waals surface area contributed by atoms with E-state index in [-0.39, 0.29) is 19.6 Å². The molecule has 0 fully saturated rings. The first kappa shape index (κ1) is 13.0. The lowest BCUT2D eigenvalue weighted by molar-refractivity contribution is -0.146. The van der Waals surface area contributed by atoms with Gasteiger partial charge >= 0.3 is 5.97 Å². The second-order valence-electron chi connectivity index (χ2n) is 3.44. The molecule has 1 atom stereocenters. The van der Waals surface area contributed by atoms with Crippen molar-refractivity contribution in [1.82, 2.24) is 0 Å². The zero-order valence-electron chi connectivity index (χ0n) is 9.32. The fourth-order valence-electron chi connectivity index (χ4n) is 1.20. The van der Waals surface area contributed by atoms with Crippen molar-refractivity contribution >= 4 is 5.97 Å². The van der Waals surface area contributed by atoms with Crippen LogP contribution in [0.2, 0.25) is 0 Å². The lowest BCUT2D eigenvalue weighted by Crippen LogP contribution is -2.32. The Morgan fingerprint density at radius 2 is 2.18 bits per heavy atom. The molecule has 1 rings (SSSR count). The van der Waals surface area contributed by atoms with Crippen LogP contribution in [0.15, 0.2) is 35.4 Å². The van der Waals surface area contributed by atoms with Gasteiger partial charge in [-0.3, -0.25) is 4.79 Å². The van der Waals surface area contributed by atoms with Crippen LogP contribution in [0.25, 0.3) is 10.4 Å². The van der Waals surface area contributed by atoms with E-state index in [0.29, 0.717) is 0 Å². The molecule has 0 aliphatic carbocycles. The first-order chi connectivity index (χ1) is 8.24. The molecule has 0 spiro atoms. The maximum atomic E-state index is 11.4. The Kier molecular flexibility index (Phi) is 5.57. The highest BCUT2D eigenvalue weighted by atomic mass is 16.5. The fourth-order valence-corrected chi connectivity index (χ4v) is 1.20. The van der Waals surface area contributed by atoms with Crippen LogP contribution in [-0.2, 0) is 16.1 Å². The number of hydrogen-bond donors (Lipinski definition) is 1. The SMILES string of the molecule is [N-]=[N+]=NCC[C@H](N)C(=O)OCc1ccccc1. The molecule has 0 unspecified atom stereocenters. The number of carbonyl (C=O) groups excluding carboxylic acids is 1. The molecular weight excluding hydrogens is 220 g/mol. The average Bonchev–Trinajstić information content (AvgIpc) is 2.37. The van der Waals surface area contributed by atoms with E-state index in [4.69, 9.17) is 16.0 Å². The van der Waals surface area contributed by atoms with E-state index < -0.39 is 12.0 Å². The molecule has 0 aliphatic rings. The van der Waals surface area contributed by atoms with E-state index in [1.54, 1.807) is 0 Å². The maximum Gasteiger partial charge on any atom is 0.323 e. The molecule has 6 nitrogen and oxygen atoms in total. The van der Waals surface area contributed by atoms with Crippen molar-refractivity contribution in [3.05, 3.63) is 46.3 Å². The van der Waals surface area contributed by atoms with Gasteiger partial charge in [0.05, 0.1) is 0 Å². The lowest BCUT2D eigenvalue weighted by Gasteiger charge is -2.10. The maximum absolute atomic E-state index is 11.4. The molecule has 0 bridgehead atoms. The van der Waals surface area contributed by atoms with Gasteiger partial charge in [-0.1, -0.05) is 35.4 Å². The van der Waals surface area contributed by atoms with Gasteiger partial charge in [0, 0.05) is 11.5 Å². The van der Waals surface area contributed by atoms with E-state index in [9.17, 15) is 4.79 Å². The predicted octanol–water partition coefficient (Wildman–Crippen LogP) is 1.76. The summed E-state index contributed by atoms with van der Waals surface area (Å²) in [6.07, 6.45) is 0.289. The molecule has 0 radical (unpaired) electrons. The highest BCUT2D eigenvalue weighted by Gasteiger charge is 2.13. The molecule has 0 saturated carbocycles. The van der Waals surface area contributed by atoms with E-state index >= 15 is 0 Å². The summed E-state index contributed by atoms with van der Waals surface area (Å²) in [7, 11) is 0. The number of nitrogens with zero attached hydrogens (tertiary/aromatic N) is 3. The van der Waals surface area contributed by atoms with E-state index in [0.717, 1.165) is 5.56 Å². The summed E-state index contributed by atoms with van der Waals surface area (Å²) in [4.78, 5) is 14.0. The Bertz CT molecular complexity index is 401. The standard InChI is InChI=1S/C11H14N4O2/c12-10(6-7-14-15-13)11(16)17-8-9-4-2-1-3-5-9/h1-5,10H,6-8,12H2/t10-/m0/s1. The molecule has 6 heteroatoms. The van der Waals surface area contributed by atoms with Gasteiger partial charge in [0.1, 0.15) is 12.6 Å². The lowest BCUT2D eigenvalue weighted by atomic mass is 10.2. The molecule has 0 saturated heterocycles. The third-order valence-electron chi connectivity index (χ3n) is 2.13. The average molecular weight is 234 g/mol. The van der Waals surface area contributed by atoms with Crippen molar-refractivity contribution in [2.24, 2.45) is 10.8 Å². The summed E-state index contributed by atoms with van der Waals surface area (Å²) in [5.74, 6) is -0.484. The van der Waals surface area contributed by atoms with Crippen molar-refractivity contribution < 1.29 is 9.53 Å². The minimum atomic E-state index is -0.746. The second-order valence-corrected chi connectivity index (χ2v) is 3.44. The Labute approximate surface area is 99.0 Å². The van der Waals surface area contributed by atoms with Crippen molar-refractivity contribution in [2.45, 2.75) is 19.1 Å². The minimum absolute atomic E-state index is 0.193. The van der Waals surface area contributed by atoms with Crippen LogP contribution in [0, 0.1) is 0 Å². The third kappa shape index (κ3) is 5.01. The molecule has 90 valence electrons. The van der Waals surface area contributed by atoms with Crippen LogP contribution in [0.5, 0.6) is 0 Å². The fraction of sp³-hybridized carbons (Fsp3) is 0.364. The monoisotopic (exact) mass is 234 g/mol. The normalized spacial score (nSPS) is 11.4. The highest BCUT2D eigenvalue weighted by Crippen LogP contribution is 2.02. The predicted molar refractivity (Wildman–Crippen MR) is 62.8 cm³/mol. The first-order valence-corrected chi connectivity index (χ1v) is 5.21. The zero-order valence-corrected chi connectivity index (χ0v) is 9.32. The first-order valence-electron chi connectivity index (χ1n) is 5.21. The van der Waals surface area contributed by atoms with Crippen LogP contribution in [0.4, 0.5) is 0 Å². The summed E-state index contributed by atoms with van der Waals surface area (Å²) in [6.45, 7) is 0.396. The van der Waals surface area contributed by atoms with Crippen molar-refractivity contribution in [3.63, 3.8) is 0 Å². The number of azide groups is 1. The Hall–Kier alpha value is -2.04. The summed E-state index contributed by atoms with van der Waals surface area (Å²) < 4.78 is 5.02. The van der Waals surface area contributed by atoms with Crippen LogP contribution in [-0.4, -0.2) is 18.6 Å². The van der Waals surface area contributed by atoms with Gasteiger partial charge in [-0.2, -0.15) is 0 Å². The van der Waals surface area contributed by atoms with Gasteiger partial charge in [0.2, 0.25) is 0 Å². The van der Waals surface area contributed by atoms with Crippen molar-refractivity contribution in [3.8, 4) is 0 Å². The number of esters is 1. The molecular formula is C11H14N4O2. The molecule has 2 N–H and O–H groups in total. The Morgan fingerprint density at radius 3 is 2.82 bits per heavy atom. The summed E-state index contributed by atoms with van der Waals surface area (Å²) in [5.41, 5.74) is 14.5. The Morgan fingerprint density at radius 1 is 1.47 bits per heavy atom. The van der Waals surface area contributed by atoms with Crippen LogP contribution in [0.3, 0.4) is 0 Å². The third-order valence-corrected chi connectivity index (χ3v) is 2.13. The van der Waals surface area contributed by atoms with E-state index in [1.165, 1.54) is 0 Å². The zero-order chi connectivity index (χ0) is 12.5. The number of hydrogen-bond acceptors (Lipinski definition) is 4. The molecule has 1 aromatic rings. The number of carbonyl (C=O) groups is 1. The largest absolute Gasteiger partial charge is 0.460 e. The van der Waals surface area contributed by atoms with E-state index in [1.807, 2.05) is 30.3 Å². The van der Waals surface area contributed by atoms with Gasteiger partial charge in [-0.15, -0.1) is 0 Å². The van der Waals surface area contributed by atoms with E-state index in [2.05, 4.69) is 10.0 Å². The number of benzene rings is 1. The van der Waals surface area contributed by atoms with Gasteiger partial charge in [0.25, 0.3) is 0 Å². The highest BCUT2D eigenvalue weighted by molar-refractivity contribution is 5.75. The minimum Gasteiger partial charge on any atom is -0.460 e. The quantitative estimate of drug-likeness (QED) is 0.351. The topological polar surface area (TPSA) is 101 Å². The second kappa shape index (κ2) is 7.27. The summed E-state index contributed by atoms with van der Waals surface area (Å²) >= 11 is 0.